The number of nitrogens with one attached hydrogen (secondary N) is 1. The van der Waals surface area contributed by atoms with Crippen molar-refractivity contribution in [1.29, 1.82) is 0 Å². The first kappa shape index (κ1) is 18.8. The lowest BCUT2D eigenvalue weighted by Gasteiger charge is -2.35. The number of anilines is 1. The molecule has 1 saturated carbocycles. The summed E-state index contributed by atoms with van der Waals surface area (Å²) in [6, 6.07) is 5.79. The van der Waals surface area contributed by atoms with Crippen LogP contribution in [0.2, 0.25) is 0 Å². The molecule has 3 N–H and O–H groups in total. The van der Waals surface area contributed by atoms with Gasteiger partial charge in [0.15, 0.2) is 0 Å². The topological polar surface area (TPSA) is 64.3 Å². The van der Waals surface area contributed by atoms with Crippen LogP contribution in [-0.2, 0) is 4.79 Å². The fourth-order valence-corrected chi connectivity index (χ4v) is 3.19. The van der Waals surface area contributed by atoms with Gasteiger partial charge in [0.2, 0.25) is 5.91 Å². The van der Waals surface area contributed by atoms with Crippen LogP contribution in [0.15, 0.2) is 18.2 Å². The number of benzene rings is 1. The molecule has 4 nitrogen and oxygen atoms in total. The predicted octanol–water partition coefficient (Wildman–Crippen LogP) is 3.66. The minimum Gasteiger partial charge on any atom is -0.495 e. The fraction of sp³-hybridized carbons (Fsp3) is 0.588. The number of carbonyl (C=O) groups is 1. The van der Waals surface area contributed by atoms with E-state index in [1.165, 1.54) is 19.3 Å². The van der Waals surface area contributed by atoms with Crippen molar-refractivity contribution in [3.63, 3.8) is 0 Å². The van der Waals surface area contributed by atoms with Gasteiger partial charge in [0, 0.05) is 6.42 Å². The lowest BCUT2D eigenvalue weighted by molar-refractivity contribution is -0.118. The number of hydrogen-bond donors (Lipinski definition) is 2. The van der Waals surface area contributed by atoms with E-state index < -0.39 is 0 Å². The van der Waals surface area contributed by atoms with E-state index in [2.05, 4.69) is 5.32 Å². The molecule has 0 unspecified atom stereocenters. The highest BCUT2D eigenvalue weighted by Gasteiger charge is 2.33. The molecule has 0 aromatic heterocycles. The van der Waals surface area contributed by atoms with Crippen LogP contribution in [0, 0.1) is 12.3 Å². The summed E-state index contributed by atoms with van der Waals surface area (Å²) in [5.41, 5.74) is 7.78. The Kier molecular flexibility index (Phi) is 7.17. The smallest absolute Gasteiger partial charge is 0.225 e. The van der Waals surface area contributed by atoms with Crippen molar-refractivity contribution in [2.24, 2.45) is 11.1 Å². The lowest BCUT2D eigenvalue weighted by atomic mass is 9.71. The first-order chi connectivity index (χ1) is 10.1. The molecule has 0 spiro atoms. The second kappa shape index (κ2) is 8.39. The molecule has 1 aliphatic rings. The average Bonchev–Trinajstić information content (AvgIpc) is 2.50. The normalized spacial score (nSPS) is 16.5. The van der Waals surface area contributed by atoms with E-state index in [1.807, 2.05) is 25.1 Å². The maximum Gasteiger partial charge on any atom is 0.225 e. The highest BCUT2D eigenvalue weighted by Crippen LogP contribution is 2.38. The van der Waals surface area contributed by atoms with E-state index >= 15 is 0 Å². The molecule has 1 amide bonds. The summed E-state index contributed by atoms with van der Waals surface area (Å²) in [7, 11) is 1.62. The van der Waals surface area contributed by atoms with Gasteiger partial charge >= 0.3 is 0 Å². The number of methoxy groups -OCH3 is 1. The Balaban J connectivity index is 0.00000242. The molecular formula is C17H27ClN2O2. The molecule has 0 heterocycles. The Labute approximate surface area is 139 Å². The number of rotatable bonds is 5. The van der Waals surface area contributed by atoms with Gasteiger partial charge in [-0.15, -0.1) is 12.4 Å². The molecule has 0 aliphatic heterocycles. The Morgan fingerprint density at radius 1 is 1.32 bits per heavy atom. The molecule has 1 aromatic rings. The zero-order valence-electron chi connectivity index (χ0n) is 13.5. The molecule has 124 valence electrons. The van der Waals surface area contributed by atoms with Crippen LogP contribution < -0.4 is 15.8 Å². The van der Waals surface area contributed by atoms with Gasteiger partial charge in [0.1, 0.15) is 5.75 Å². The summed E-state index contributed by atoms with van der Waals surface area (Å²) >= 11 is 0. The van der Waals surface area contributed by atoms with E-state index in [-0.39, 0.29) is 23.7 Å². The zero-order chi connectivity index (χ0) is 15.3. The summed E-state index contributed by atoms with van der Waals surface area (Å²) in [6.45, 7) is 2.59. The van der Waals surface area contributed by atoms with E-state index in [4.69, 9.17) is 10.5 Å². The van der Waals surface area contributed by atoms with E-state index in [0.29, 0.717) is 18.7 Å². The number of nitrogens with two attached hydrogens (primary N) is 1. The Morgan fingerprint density at radius 2 is 2.00 bits per heavy atom. The number of aryl methyl sites for hydroxylation is 1. The predicted molar refractivity (Wildman–Crippen MR) is 92.8 cm³/mol. The largest absolute Gasteiger partial charge is 0.495 e. The van der Waals surface area contributed by atoms with Gasteiger partial charge in [0.05, 0.1) is 12.8 Å². The molecule has 1 aromatic carbocycles. The molecule has 22 heavy (non-hydrogen) atoms. The van der Waals surface area contributed by atoms with Crippen LogP contribution in [0.4, 0.5) is 5.69 Å². The summed E-state index contributed by atoms with van der Waals surface area (Å²) in [6.07, 6.45) is 6.23. The van der Waals surface area contributed by atoms with Gasteiger partial charge < -0.3 is 15.8 Å². The van der Waals surface area contributed by atoms with E-state index in [1.54, 1.807) is 7.11 Å². The fourth-order valence-electron chi connectivity index (χ4n) is 3.19. The van der Waals surface area contributed by atoms with Gasteiger partial charge in [0.25, 0.3) is 0 Å². The SMILES string of the molecule is COc1cc(C)ccc1NC(=O)CC1(CN)CCCCC1.Cl. The van der Waals surface area contributed by atoms with Gasteiger partial charge in [-0.25, -0.2) is 0 Å². The maximum atomic E-state index is 12.4. The quantitative estimate of drug-likeness (QED) is 0.867. The minimum atomic E-state index is -0.0136. The summed E-state index contributed by atoms with van der Waals surface area (Å²) in [5, 5.41) is 2.98. The minimum absolute atomic E-state index is 0. The van der Waals surface area contributed by atoms with Gasteiger partial charge in [-0.05, 0) is 49.4 Å². The molecule has 0 bridgehead atoms. The van der Waals surface area contributed by atoms with E-state index in [0.717, 1.165) is 24.1 Å². The number of ether oxygens (including phenoxy) is 1. The molecule has 2 rings (SSSR count). The van der Waals surface area contributed by atoms with Crippen molar-refractivity contribution in [3.8, 4) is 5.75 Å². The van der Waals surface area contributed by atoms with Gasteiger partial charge in [-0.3, -0.25) is 4.79 Å². The molecule has 1 fully saturated rings. The van der Waals surface area contributed by atoms with Crippen LogP contribution in [0.1, 0.15) is 44.1 Å². The monoisotopic (exact) mass is 326 g/mol. The van der Waals surface area contributed by atoms with Crippen molar-refractivity contribution in [3.05, 3.63) is 23.8 Å². The third-order valence-corrected chi connectivity index (χ3v) is 4.51. The maximum absolute atomic E-state index is 12.4. The van der Waals surface area contributed by atoms with Crippen molar-refractivity contribution in [1.82, 2.24) is 0 Å². The van der Waals surface area contributed by atoms with Crippen LogP contribution >= 0.6 is 12.4 Å². The Morgan fingerprint density at radius 3 is 2.59 bits per heavy atom. The molecule has 0 atom stereocenters. The lowest BCUT2D eigenvalue weighted by Crippen LogP contribution is -2.36. The van der Waals surface area contributed by atoms with Crippen LogP contribution in [0.5, 0.6) is 5.75 Å². The van der Waals surface area contributed by atoms with Gasteiger partial charge in [-0.1, -0.05) is 25.3 Å². The number of amides is 1. The number of hydrogen-bond acceptors (Lipinski definition) is 3. The molecule has 0 saturated heterocycles. The van der Waals surface area contributed by atoms with Crippen LogP contribution in [-0.4, -0.2) is 19.6 Å². The standard InChI is InChI=1S/C17H26N2O2.ClH/c1-13-6-7-14(15(10-13)21-2)19-16(20)11-17(12-18)8-4-3-5-9-17;/h6-7,10H,3-5,8-9,11-12,18H2,1-2H3,(H,19,20);1H. The van der Waals surface area contributed by atoms with Gasteiger partial charge in [-0.2, -0.15) is 0 Å². The van der Waals surface area contributed by atoms with Crippen molar-refractivity contribution in [2.45, 2.75) is 45.4 Å². The first-order valence-electron chi connectivity index (χ1n) is 7.73. The summed E-state index contributed by atoms with van der Waals surface area (Å²) in [4.78, 5) is 12.4. The zero-order valence-corrected chi connectivity index (χ0v) is 14.3. The van der Waals surface area contributed by atoms with Crippen LogP contribution in [0.3, 0.4) is 0 Å². The number of halogens is 1. The first-order valence-corrected chi connectivity index (χ1v) is 7.73. The molecule has 5 heteroatoms. The second-order valence-electron chi connectivity index (χ2n) is 6.19. The highest BCUT2D eigenvalue weighted by molar-refractivity contribution is 5.92. The molecular weight excluding hydrogens is 300 g/mol. The summed E-state index contributed by atoms with van der Waals surface area (Å²) in [5.74, 6) is 0.735. The Hall–Kier alpha value is -1.26. The summed E-state index contributed by atoms with van der Waals surface area (Å²) < 4.78 is 5.33. The molecule has 0 radical (unpaired) electrons. The third kappa shape index (κ3) is 4.62. The van der Waals surface area contributed by atoms with Crippen molar-refractivity contribution in [2.75, 3.05) is 19.0 Å². The third-order valence-electron chi connectivity index (χ3n) is 4.51. The second-order valence-corrected chi connectivity index (χ2v) is 6.19. The van der Waals surface area contributed by atoms with E-state index in [9.17, 15) is 4.79 Å². The molecule has 1 aliphatic carbocycles. The average molecular weight is 327 g/mol. The van der Waals surface area contributed by atoms with Crippen molar-refractivity contribution >= 4 is 24.0 Å². The highest BCUT2D eigenvalue weighted by atomic mass is 35.5. The van der Waals surface area contributed by atoms with Crippen LogP contribution in [0.25, 0.3) is 0 Å². The Bertz CT molecular complexity index is 499. The number of carbonyl (C=O) groups excluding carboxylic acids is 1. The van der Waals surface area contributed by atoms with Crippen molar-refractivity contribution < 1.29 is 9.53 Å².